The normalized spacial score (nSPS) is 32.2. The SMILES string of the molecule is CC1CCCCCN1CC1(N)CCOCC1. The van der Waals surface area contributed by atoms with Gasteiger partial charge in [-0.25, -0.2) is 0 Å². The zero-order valence-corrected chi connectivity index (χ0v) is 10.6. The molecule has 2 heterocycles. The van der Waals surface area contributed by atoms with Crippen LogP contribution >= 0.6 is 0 Å². The Bertz CT molecular complexity index is 214. The van der Waals surface area contributed by atoms with E-state index in [4.69, 9.17) is 10.5 Å². The maximum Gasteiger partial charge on any atom is 0.0484 e. The number of hydrogen-bond acceptors (Lipinski definition) is 3. The first kappa shape index (κ1) is 12.3. The summed E-state index contributed by atoms with van der Waals surface area (Å²) in [6, 6.07) is 0.714. The van der Waals surface area contributed by atoms with Crippen LogP contribution in [0.5, 0.6) is 0 Å². The topological polar surface area (TPSA) is 38.5 Å². The Labute approximate surface area is 99.3 Å². The van der Waals surface area contributed by atoms with Gasteiger partial charge in [-0.1, -0.05) is 12.8 Å². The van der Waals surface area contributed by atoms with Crippen molar-refractivity contribution < 1.29 is 4.74 Å². The third-order valence-corrected chi connectivity index (χ3v) is 4.20. The van der Waals surface area contributed by atoms with Crippen LogP contribution in [-0.2, 0) is 4.74 Å². The predicted molar refractivity (Wildman–Crippen MR) is 66.5 cm³/mol. The molecule has 0 aromatic heterocycles. The van der Waals surface area contributed by atoms with E-state index >= 15 is 0 Å². The molecule has 2 aliphatic rings. The smallest absolute Gasteiger partial charge is 0.0484 e. The van der Waals surface area contributed by atoms with E-state index in [1.54, 1.807) is 0 Å². The van der Waals surface area contributed by atoms with E-state index in [1.807, 2.05) is 0 Å². The molecule has 2 N–H and O–H groups in total. The Morgan fingerprint density at radius 1 is 1.25 bits per heavy atom. The predicted octanol–water partition coefficient (Wildman–Crippen LogP) is 1.76. The Morgan fingerprint density at radius 2 is 2.00 bits per heavy atom. The third-order valence-electron chi connectivity index (χ3n) is 4.20. The van der Waals surface area contributed by atoms with E-state index in [0.29, 0.717) is 6.04 Å². The van der Waals surface area contributed by atoms with Crippen molar-refractivity contribution in [3.05, 3.63) is 0 Å². The maximum atomic E-state index is 6.48. The monoisotopic (exact) mass is 226 g/mol. The fourth-order valence-corrected chi connectivity index (χ4v) is 2.91. The summed E-state index contributed by atoms with van der Waals surface area (Å²) in [5, 5.41) is 0. The lowest BCUT2D eigenvalue weighted by Crippen LogP contribution is -2.55. The Balaban J connectivity index is 1.90. The van der Waals surface area contributed by atoms with Gasteiger partial charge in [0.1, 0.15) is 0 Å². The van der Waals surface area contributed by atoms with Crippen LogP contribution in [-0.4, -0.2) is 42.8 Å². The Kier molecular flexibility index (Phi) is 4.22. The molecular weight excluding hydrogens is 200 g/mol. The third kappa shape index (κ3) is 3.19. The minimum absolute atomic E-state index is 0.0108. The second-order valence-corrected chi connectivity index (χ2v) is 5.64. The van der Waals surface area contributed by atoms with Gasteiger partial charge in [0.25, 0.3) is 0 Å². The van der Waals surface area contributed by atoms with Crippen molar-refractivity contribution in [2.75, 3.05) is 26.3 Å². The second-order valence-electron chi connectivity index (χ2n) is 5.64. The van der Waals surface area contributed by atoms with Crippen LogP contribution in [0, 0.1) is 0 Å². The largest absolute Gasteiger partial charge is 0.381 e. The molecule has 3 heteroatoms. The van der Waals surface area contributed by atoms with Crippen LogP contribution in [0.3, 0.4) is 0 Å². The van der Waals surface area contributed by atoms with Crippen LogP contribution in [0.15, 0.2) is 0 Å². The summed E-state index contributed by atoms with van der Waals surface area (Å²) < 4.78 is 5.41. The van der Waals surface area contributed by atoms with Gasteiger partial charge in [0, 0.05) is 31.3 Å². The first-order valence-electron chi connectivity index (χ1n) is 6.80. The summed E-state index contributed by atoms with van der Waals surface area (Å²) in [6.07, 6.45) is 7.51. The molecule has 2 fully saturated rings. The number of nitrogens with zero attached hydrogens (tertiary/aromatic N) is 1. The Morgan fingerprint density at radius 3 is 2.75 bits per heavy atom. The second kappa shape index (κ2) is 5.48. The van der Waals surface area contributed by atoms with Crippen molar-refractivity contribution in [3.8, 4) is 0 Å². The van der Waals surface area contributed by atoms with E-state index in [2.05, 4.69) is 11.8 Å². The van der Waals surface area contributed by atoms with E-state index in [0.717, 1.165) is 32.6 Å². The lowest BCUT2D eigenvalue weighted by atomic mass is 9.90. The lowest BCUT2D eigenvalue weighted by Gasteiger charge is -2.39. The average molecular weight is 226 g/mol. The highest BCUT2D eigenvalue weighted by molar-refractivity contribution is 4.91. The van der Waals surface area contributed by atoms with Gasteiger partial charge in [0.2, 0.25) is 0 Å². The number of ether oxygens (including phenoxy) is 1. The number of hydrogen-bond donors (Lipinski definition) is 1. The highest BCUT2D eigenvalue weighted by atomic mass is 16.5. The van der Waals surface area contributed by atoms with Gasteiger partial charge in [0.05, 0.1) is 0 Å². The lowest BCUT2D eigenvalue weighted by molar-refractivity contribution is 0.0320. The molecule has 0 aromatic rings. The van der Waals surface area contributed by atoms with Crippen molar-refractivity contribution in [1.82, 2.24) is 4.90 Å². The fraction of sp³-hybridized carbons (Fsp3) is 1.00. The van der Waals surface area contributed by atoms with Crippen molar-refractivity contribution in [2.45, 2.75) is 57.0 Å². The van der Waals surface area contributed by atoms with Crippen LogP contribution in [0.4, 0.5) is 0 Å². The van der Waals surface area contributed by atoms with Crippen molar-refractivity contribution in [3.63, 3.8) is 0 Å². The minimum atomic E-state index is 0.0108. The van der Waals surface area contributed by atoms with Crippen LogP contribution in [0.1, 0.15) is 45.4 Å². The fourth-order valence-electron chi connectivity index (χ4n) is 2.91. The first-order chi connectivity index (χ1) is 7.70. The maximum absolute atomic E-state index is 6.48. The standard InChI is InChI=1S/C13H26N2O/c1-12-5-3-2-4-8-15(12)11-13(14)6-9-16-10-7-13/h12H,2-11,14H2,1H3. The highest BCUT2D eigenvalue weighted by Crippen LogP contribution is 2.23. The summed E-state index contributed by atoms with van der Waals surface area (Å²) in [5.74, 6) is 0. The molecule has 3 nitrogen and oxygen atoms in total. The summed E-state index contributed by atoms with van der Waals surface area (Å²) in [7, 11) is 0. The molecule has 0 bridgehead atoms. The van der Waals surface area contributed by atoms with Gasteiger partial charge in [0.15, 0.2) is 0 Å². The molecule has 2 saturated heterocycles. The summed E-state index contributed by atoms with van der Waals surface area (Å²) >= 11 is 0. The minimum Gasteiger partial charge on any atom is -0.381 e. The summed E-state index contributed by atoms with van der Waals surface area (Å²) in [6.45, 7) is 6.35. The molecule has 0 aliphatic carbocycles. The molecule has 1 unspecified atom stereocenters. The van der Waals surface area contributed by atoms with E-state index in [-0.39, 0.29) is 5.54 Å². The van der Waals surface area contributed by atoms with Gasteiger partial charge in [-0.05, 0) is 39.2 Å². The molecular formula is C13H26N2O. The van der Waals surface area contributed by atoms with Crippen LogP contribution < -0.4 is 5.73 Å². The van der Waals surface area contributed by atoms with Crippen molar-refractivity contribution in [1.29, 1.82) is 0 Å². The van der Waals surface area contributed by atoms with Gasteiger partial charge in [-0.15, -0.1) is 0 Å². The van der Waals surface area contributed by atoms with Crippen LogP contribution in [0.2, 0.25) is 0 Å². The summed E-state index contributed by atoms with van der Waals surface area (Å²) in [5.41, 5.74) is 6.49. The number of nitrogens with two attached hydrogens (primary N) is 1. The molecule has 0 aromatic carbocycles. The van der Waals surface area contributed by atoms with Gasteiger partial charge >= 0.3 is 0 Å². The highest BCUT2D eigenvalue weighted by Gasteiger charge is 2.31. The van der Waals surface area contributed by atoms with Gasteiger partial charge in [-0.3, -0.25) is 4.90 Å². The number of rotatable bonds is 2. The van der Waals surface area contributed by atoms with Crippen molar-refractivity contribution >= 4 is 0 Å². The molecule has 2 rings (SSSR count). The first-order valence-corrected chi connectivity index (χ1v) is 6.80. The zero-order valence-electron chi connectivity index (χ0n) is 10.6. The Hall–Kier alpha value is -0.120. The molecule has 0 radical (unpaired) electrons. The van der Waals surface area contributed by atoms with E-state index < -0.39 is 0 Å². The molecule has 0 spiro atoms. The summed E-state index contributed by atoms with van der Waals surface area (Å²) in [4.78, 5) is 2.61. The molecule has 94 valence electrons. The molecule has 0 saturated carbocycles. The van der Waals surface area contributed by atoms with Crippen LogP contribution in [0.25, 0.3) is 0 Å². The number of likely N-dealkylation sites (tertiary alicyclic amines) is 1. The quantitative estimate of drug-likeness (QED) is 0.780. The van der Waals surface area contributed by atoms with Gasteiger partial charge < -0.3 is 10.5 Å². The molecule has 16 heavy (non-hydrogen) atoms. The molecule has 0 amide bonds. The molecule has 2 aliphatic heterocycles. The van der Waals surface area contributed by atoms with E-state index in [1.165, 1.54) is 32.2 Å². The van der Waals surface area contributed by atoms with Gasteiger partial charge in [-0.2, -0.15) is 0 Å². The molecule has 1 atom stereocenters. The van der Waals surface area contributed by atoms with E-state index in [9.17, 15) is 0 Å². The average Bonchev–Trinajstić information content (AvgIpc) is 2.45. The zero-order chi connectivity index (χ0) is 11.4. The van der Waals surface area contributed by atoms with Crippen molar-refractivity contribution in [2.24, 2.45) is 5.73 Å².